The van der Waals surface area contributed by atoms with Crippen LogP contribution in [0.15, 0.2) is 76.9 Å². The number of fused-ring (bicyclic) bond motifs is 2. The number of pyridine rings is 2. The fourth-order valence-electron chi connectivity index (χ4n) is 2.98. The van der Waals surface area contributed by atoms with Crippen molar-refractivity contribution >= 4 is 29.3 Å². The summed E-state index contributed by atoms with van der Waals surface area (Å²) >= 11 is 1.47. The van der Waals surface area contributed by atoms with Crippen LogP contribution in [-0.2, 0) is 11.3 Å². The summed E-state index contributed by atoms with van der Waals surface area (Å²) in [5.74, 6) is -0.266. The Labute approximate surface area is 167 Å². The van der Waals surface area contributed by atoms with E-state index in [2.05, 4.69) is 15.3 Å². The molecule has 1 aliphatic rings. The highest BCUT2D eigenvalue weighted by molar-refractivity contribution is 7.99. The number of para-hydroxylation sites is 1. The number of nitrogens with zero attached hydrogens (tertiary/aromatic N) is 3. The molecule has 1 aliphatic heterocycles. The van der Waals surface area contributed by atoms with Gasteiger partial charge in [0.1, 0.15) is 5.03 Å². The third-order valence-electron chi connectivity index (χ3n) is 4.36. The fourth-order valence-corrected chi connectivity index (χ4v) is 3.99. The Morgan fingerprint density at radius 2 is 1.82 bits per heavy atom. The van der Waals surface area contributed by atoms with E-state index in [4.69, 9.17) is 0 Å². The second-order valence-corrected chi connectivity index (χ2v) is 7.26. The summed E-state index contributed by atoms with van der Waals surface area (Å²) in [6, 6.07) is 16.8. The van der Waals surface area contributed by atoms with Crippen LogP contribution in [0, 0.1) is 0 Å². The number of rotatable bonds is 5. The van der Waals surface area contributed by atoms with Crippen LogP contribution < -0.4 is 10.2 Å². The third kappa shape index (κ3) is 3.89. The Hall–Kier alpha value is -3.19. The standard InChI is InChI=1S/C21H18N4O2S/c26-19(24-14-15-6-3-4-11-22-15)10-13-25-17-8-1-2-9-18(17)28-20-16(21(25)27)7-5-12-23-20/h1-9,11-12H,10,13-14H2,(H,24,26). The van der Waals surface area contributed by atoms with Crippen molar-refractivity contribution in [3.63, 3.8) is 0 Å². The first kappa shape index (κ1) is 18.2. The summed E-state index contributed by atoms with van der Waals surface area (Å²) in [5, 5.41) is 3.54. The fraction of sp³-hybridized carbons (Fsp3) is 0.143. The van der Waals surface area contributed by atoms with E-state index < -0.39 is 0 Å². The van der Waals surface area contributed by atoms with E-state index in [0.717, 1.165) is 16.3 Å². The first-order valence-corrected chi connectivity index (χ1v) is 9.74. The van der Waals surface area contributed by atoms with Crippen molar-refractivity contribution in [3.05, 3.63) is 78.2 Å². The van der Waals surface area contributed by atoms with E-state index in [9.17, 15) is 9.59 Å². The van der Waals surface area contributed by atoms with E-state index in [1.807, 2.05) is 42.5 Å². The van der Waals surface area contributed by atoms with Crippen molar-refractivity contribution in [1.29, 1.82) is 0 Å². The van der Waals surface area contributed by atoms with Gasteiger partial charge < -0.3 is 10.2 Å². The van der Waals surface area contributed by atoms with Crippen molar-refractivity contribution in [1.82, 2.24) is 15.3 Å². The molecule has 4 rings (SSSR count). The molecule has 1 aromatic carbocycles. The van der Waals surface area contributed by atoms with E-state index in [1.165, 1.54) is 11.8 Å². The summed E-state index contributed by atoms with van der Waals surface area (Å²) in [7, 11) is 0. The van der Waals surface area contributed by atoms with Crippen molar-refractivity contribution in [2.24, 2.45) is 0 Å². The molecule has 0 saturated heterocycles. The van der Waals surface area contributed by atoms with Crippen LogP contribution in [0.1, 0.15) is 22.5 Å². The smallest absolute Gasteiger partial charge is 0.261 e. The van der Waals surface area contributed by atoms with E-state index in [1.54, 1.807) is 29.4 Å². The molecule has 0 fully saturated rings. The highest BCUT2D eigenvalue weighted by atomic mass is 32.2. The molecule has 0 radical (unpaired) electrons. The third-order valence-corrected chi connectivity index (χ3v) is 5.45. The zero-order valence-electron chi connectivity index (χ0n) is 15.0. The molecule has 0 saturated carbocycles. The normalized spacial score (nSPS) is 12.7. The number of hydrogen-bond donors (Lipinski definition) is 1. The highest BCUT2D eigenvalue weighted by Gasteiger charge is 2.27. The van der Waals surface area contributed by atoms with Crippen molar-refractivity contribution in [3.8, 4) is 0 Å². The first-order valence-electron chi connectivity index (χ1n) is 8.93. The van der Waals surface area contributed by atoms with Gasteiger partial charge in [-0.1, -0.05) is 30.0 Å². The highest BCUT2D eigenvalue weighted by Crippen LogP contribution is 2.39. The van der Waals surface area contributed by atoms with Crippen LogP contribution in [0.3, 0.4) is 0 Å². The number of anilines is 1. The predicted molar refractivity (Wildman–Crippen MR) is 107 cm³/mol. The van der Waals surface area contributed by atoms with Crippen LogP contribution in [0.5, 0.6) is 0 Å². The van der Waals surface area contributed by atoms with Gasteiger partial charge in [0.2, 0.25) is 5.91 Å². The minimum Gasteiger partial charge on any atom is -0.350 e. The summed E-state index contributed by atoms with van der Waals surface area (Å²) in [4.78, 5) is 36.6. The molecule has 2 aromatic heterocycles. The van der Waals surface area contributed by atoms with Crippen LogP contribution >= 0.6 is 11.8 Å². The predicted octanol–water partition coefficient (Wildman–Crippen LogP) is 3.29. The minimum absolute atomic E-state index is 0.126. The van der Waals surface area contributed by atoms with Crippen LogP contribution in [0.2, 0.25) is 0 Å². The number of amides is 2. The molecule has 140 valence electrons. The van der Waals surface area contributed by atoms with Gasteiger partial charge in [0.25, 0.3) is 5.91 Å². The van der Waals surface area contributed by atoms with E-state index >= 15 is 0 Å². The number of hydrogen-bond acceptors (Lipinski definition) is 5. The average Bonchev–Trinajstić information content (AvgIpc) is 2.86. The molecular weight excluding hydrogens is 372 g/mol. The maximum absolute atomic E-state index is 13.1. The summed E-state index contributed by atoms with van der Waals surface area (Å²) < 4.78 is 0. The molecule has 3 aromatic rings. The van der Waals surface area contributed by atoms with Gasteiger partial charge in [-0.15, -0.1) is 0 Å². The lowest BCUT2D eigenvalue weighted by Gasteiger charge is -2.22. The second-order valence-electron chi connectivity index (χ2n) is 6.23. The minimum atomic E-state index is -0.141. The molecule has 0 unspecified atom stereocenters. The Morgan fingerprint density at radius 1 is 1.00 bits per heavy atom. The number of nitrogens with one attached hydrogen (secondary N) is 1. The maximum Gasteiger partial charge on any atom is 0.261 e. The molecule has 0 spiro atoms. The van der Waals surface area contributed by atoms with E-state index in [0.29, 0.717) is 23.7 Å². The van der Waals surface area contributed by atoms with Crippen LogP contribution in [0.25, 0.3) is 0 Å². The second kappa shape index (κ2) is 8.22. The molecule has 0 atom stereocenters. The van der Waals surface area contributed by atoms with Crippen molar-refractivity contribution in [2.75, 3.05) is 11.4 Å². The molecule has 2 amide bonds. The topological polar surface area (TPSA) is 75.2 Å². The summed E-state index contributed by atoms with van der Waals surface area (Å²) in [6.07, 6.45) is 3.58. The summed E-state index contributed by atoms with van der Waals surface area (Å²) in [6.45, 7) is 0.658. The van der Waals surface area contributed by atoms with Gasteiger partial charge in [0.05, 0.1) is 23.5 Å². The van der Waals surface area contributed by atoms with Gasteiger partial charge in [-0.2, -0.15) is 0 Å². The zero-order chi connectivity index (χ0) is 19.3. The summed E-state index contributed by atoms with van der Waals surface area (Å²) in [5.41, 5.74) is 2.15. The molecule has 0 bridgehead atoms. The van der Waals surface area contributed by atoms with E-state index in [-0.39, 0.29) is 18.2 Å². The lowest BCUT2D eigenvalue weighted by molar-refractivity contribution is -0.121. The molecule has 0 aliphatic carbocycles. The molecule has 1 N–H and O–H groups in total. The number of benzene rings is 1. The maximum atomic E-state index is 13.1. The monoisotopic (exact) mass is 390 g/mol. The van der Waals surface area contributed by atoms with Gasteiger partial charge in [0.15, 0.2) is 0 Å². The van der Waals surface area contributed by atoms with Crippen LogP contribution in [-0.4, -0.2) is 28.3 Å². The van der Waals surface area contributed by atoms with Gasteiger partial charge in [-0.05, 0) is 36.4 Å². The number of aromatic nitrogens is 2. The number of carbonyl (C=O) groups is 2. The van der Waals surface area contributed by atoms with Gasteiger partial charge in [-0.3, -0.25) is 14.6 Å². The van der Waals surface area contributed by atoms with Crippen LogP contribution in [0.4, 0.5) is 5.69 Å². The van der Waals surface area contributed by atoms with Gasteiger partial charge in [0, 0.05) is 30.3 Å². The zero-order valence-corrected chi connectivity index (χ0v) is 15.9. The quantitative estimate of drug-likeness (QED) is 0.724. The van der Waals surface area contributed by atoms with Crippen molar-refractivity contribution in [2.45, 2.75) is 22.9 Å². The lowest BCUT2D eigenvalue weighted by Crippen LogP contribution is -2.35. The average molecular weight is 390 g/mol. The SMILES string of the molecule is O=C(CCN1C(=O)c2cccnc2Sc2ccccc21)NCc1ccccn1. The molecule has 7 heteroatoms. The first-order chi connectivity index (χ1) is 13.7. The van der Waals surface area contributed by atoms with Crippen molar-refractivity contribution < 1.29 is 9.59 Å². The van der Waals surface area contributed by atoms with Gasteiger partial charge in [-0.25, -0.2) is 4.98 Å². The van der Waals surface area contributed by atoms with Gasteiger partial charge >= 0.3 is 0 Å². The lowest BCUT2D eigenvalue weighted by atomic mass is 10.2. The number of carbonyl (C=O) groups excluding carboxylic acids is 2. The molecule has 3 heterocycles. The Bertz CT molecular complexity index is 1010. The largest absolute Gasteiger partial charge is 0.350 e. The molecule has 28 heavy (non-hydrogen) atoms. The molecule has 6 nitrogen and oxygen atoms in total. The Kier molecular flexibility index (Phi) is 5.34. The molecular formula is C21H18N4O2S. The Balaban J connectivity index is 1.50. The Morgan fingerprint density at radius 3 is 2.68 bits per heavy atom.